The van der Waals surface area contributed by atoms with Crippen LogP contribution in [0.15, 0.2) is 42.5 Å². The summed E-state index contributed by atoms with van der Waals surface area (Å²) in [5, 5.41) is 6.53. The minimum atomic E-state index is -0.202. The number of likely N-dealkylation sites (tertiary alicyclic amines) is 1. The highest BCUT2D eigenvalue weighted by Crippen LogP contribution is 2.32. The molecule has 6 nitrogen and oxygen atoms in total. The van der Waals surface area contributed by atoms with E-state index in [0.717, 1.165) is 18.5 Å². The summed E-state index contributed by atoms with van der Waals surface area (Å²) in [6, 6.07) is 12.8. The number of carbonyl (C=O) groups excluding carboxylic acids is 2. The van der Waals surface area contributed by atoms with E-state index in [1.54, 1.807) is 35.0 Å². The van der Waals surface area contributed by atoms with Crippen LogP contribution in [0.1, 0.15) is 24.3 Å². The summed E-state index contributed by atoms with van der Waals surface area (Å²) >= 11 is 12.3. The molecule has 0 unspecified atom stereocenters. The van der Waals surface area contributed by atoms with Gasteiger partial charge in [-0.15, -0.1) is 6.42 Å². The number of anilines is 2. The molecule has 3 rings (SSSR count). The van der Waals surface area contributed by atoms with E-state index in [-0.39, 0.29) is 18.5 Å². The van der Waals surface area contributed by atoms with Crippen molar-refractivity contribution in [1.82, 2.24) is 9.80 Å². The van der Waals surface area contributed by atoms with Crippen LogP contribution < -0.4 is 10.6 Å². The van der Waals surface area contributed by atoms with Crippen LogP contribution in [0.5, 0.6) is 0 Å². The molecular formula is C24H26Cl2N4O2. The molecule has 0 bridgehead atoms. The second-order valence-electron chi connectivity index (χ2n) is 7.83. The average Bonchev–Trinajstić information content (AvgIpc) is 2.77. The molecule has 0 spiro atoms. The minimum Gasteiger partial charge on any atom is -0.325 e. The largest absolute Gasteiger partial charge is 0.325 e. The average molecular weight is 473 g/mol. The topological polar surface area (TPSA) is 64.7 Å². The smallest absolute Gasteiger partial charge is 0.321 e. The first kappa shape index (κ1) is 23.9. The summed E-state index contributed by atoms with van der Waals surface area (Å²) in [7, 11) is 1.80. The van der Waals surface area contributed by atoms with Gasteiger partial charge < -0.3 is 15.5 Å². The van der Waals surface area contributed by atoms with Gasteiger partial charge in [0.2, 0.25) is 5.91 Å². The van der Waals surface area contributed by atoms with Crippen LogP contribution in [0.4, 0.5) is 16.2 Å². The van der Waals surface area contributed by atoms with Gasteiger partial charge in [0, 0.05) is 18.8 Å². The molecule has 32 heavy (non-hydrogen) atoms. The number of hydrogen-bond donors (Lipinski definition) is 2. The van der Waals surface area contributed by atoms with Gasteiger partial charge in [-0.05, 0) is 55.6 Å². The molecule has 1 aliphatic rings. The Balaban J connectivity index is 1.50. The van der Waals surface area contributed by atoms with Crippen LogP contribution >= 0.6 is 23.2 Å². The van der Waals surface area contributed by atoms with Crippen molar-refractivity contribution in [3.05, 3.63) is 58.1 Å². The molecule has 2 aromatic carbocycles. The Hall–Kier alpha value is -2.72. The summed E-state index contributed by atoms with van der Waals surface area (Å²) in [6.45, 7) is 1.94. The number of para-hydroxylation sites is 1. The highest BCUT2D eigenvalue weighted by Gasteiger charge is 2.24. The number of carbonyl (C=O) groups is 2. The van der Waals surface area contributed by atoms with Crippen LogP contribution in [0, 0.1) is 12.3 Å². The zero-order chi connectivity index (χ0) is 23.1. The van der Waals surface area contributed by atoms with E-state index >= 15 is 0 Å². The zero-order valence-electron chi connectivity index (χ0n) is 17.9. The van der Waals surface area contributed by atoms with Gasteiger partial charge in [0.15, 0.2) is 0 Å². The maximum Gasteiger partial charge on any atom is 0.321 e. The number of nitrogens with zero attached hydrogens (tertiary/aromatic N) is 2. The fourth-order valence-electron chi connectivity index (χ4n) is 3.72. The standard InChI is InChI=1S/C24H26Cl2N4O2/c1-3-13-29(2)16-22(31)27-19-9-7-17(8-10-19)18-11-14-30(15-12-18)24(32)28-23-20(25)5-4-6-21(23)26/h1,4-10,18H,11-16H2,2H3,(H,27,31)(H,28,32). The van der Waals surface area contributed by atoms with E-state index in [0.29, 0.717) is 41.3 Å². The van der Waals surface area contributed by atoms with Crippen LogP contribution in [0.3, 0.4) is 0 Å². The summed E-state index contributed by atoms with van der Waals surface area (Å²) in [6.07, 6.45) is 6.96. The molecule has 0 saturated carbocycles. The maximum absolute atomic E-state index is 12.6. The van der Waals surface area contributed by atoms with Gasteiger partial charge in [0.1, 0.15) is 0 Å². The highest BCUT2D eigenvalue weighted by molar-refractivity contribution is 6.39. The number of likely N-dealkylation sites (N-methyl/N-ethyl adjacent to an activating group) is 1. The molecular weight excluding hydrogens is 447 g/mol. The summed E-state index contributed by atoms with van der Waals surface area (Å²) < 4.78 is 0. The van der Waals surface area contributed by atoms with Gasteiger partial charge in [-0.3, -0.25) is 9.69 Å². The maximum atomic E-state index is 12.6. The third-order valence-electron chi connectivity index (χ3n) is 5.42. The van der Waals surface area contributed by atoms with E-state index in [1.807, 2.05) is 24.3 Å². The Morgan fingerprint density at radius 2 is 1.72 bits per heavy atom. The highest BCUT2D eigenvalue weighted by atomic mass is 35.5. The van der Waals surface area contributed by atoms with Crippen LogP contribution in [-0.4, -0.2) is 55.0 Å². The van der Waals surface area contributed by atoms with Crippen molar-refractivity contribution in [2.24, 2.45) is 0 Å². The molecule has 0 aliphatic carbocycles. The fraction of sp³-hybridized carbons (Fsp3) is 0.333. The lowest BCUT2D eigenvalue weighted by Gasteiger charge is -2.32. The molecule has 8 heteroatoms. The Kier molecular flexibility index (Phi) is 8.40. The number of hydrogen-bond acceptors (Lipinski definition) is 3. The van der Waals surface area contributed by atoms with Crippen LogP contribution in [-0.2, 0) is 4.79 Å². The zero-order valence-corrected chi connectivity index (χ0v) is 19.4. The van der Waals surface area contributed by atoms with Gasteiger partial charge in [-0.2, -0.15) is 0 Å². The van der Waals surface area contributed by atoms with E-state index in [1.165, 1.54) is 5.56 Å². The first-order valence-corrected chi connectivity index (χ1v) is 11.1. The number of nitrogens with one attached hydrogen (secondary N) is 2. The lowest BCUT2D eigenvalue weighted by atomic mass is 9.89. The number of benzene rings is 2. The van der Waals surface area contributed by atoms with Crippen molar-refractivity contribution in [2.75, 3.05) is 43.9 Å². The molecule has 1 fully saturated rings. The Labute approximate surface area is 198 Å². The summed E-state index contributed by atoms with van der Waals surface area (Å²) in [4.78, 5) is 28.2. The molecule has 2 aromatic rings. The second kappa shape index (κ2) is 11.2. The number of terminal acetylenes is 1. The van der Waals surface area contributed by atoms with E-state index < -0.39 is 0 Å². The third-order valence-corrected chi connectivity index (χ3v) is 6.05. The number of halogens is 2. The van der Waals surface area contributed by atoms with Crippen molar-refractivity contribution >= 4 is 46.5 Å². The van der Waals surface area contributed by atoms with Crippen molar-refractivity contribution < 1.29 is 9.59 Å². The van der Waals surface area contributed by atoms with Crippen molar-refractivity contribution in [1.29, 1.82) is 0 Å². The van der Waals surface area contributed by atoms with Crippen LogP contribution in [0.25, 0.3) is 0 Å². The Morgan fingerprint density at radius 1 is 1.09 bits per heavy atom. The molecule has 1 saturated heterocycles. The minimum absolute atomic E-state index is 0.103. The third kappa shape index (κ3) is 6.39. The molecule has 3 amide bonds. The van der Waals surface area contributed by atoms with Crippen LogP contribution in [0.2, 0.25) is 10.0 Å². The van der Waals surface area contributed by atoms with E-state index in [9.17, 15) is 9.59 Å². The number of piperidine rings is 1. The second-order valence-corrected chi connectivity index (χ2v) is 8.65. The van der Waals surface area contributed by atoms with Crippen molar-refractivity contribution in [2.45, 2.75) is 18.8 Å². The molecule has 1 aliphatic heterocycles. The SMILES string of the molecule is C#CCN(C)CC(=O)Nc1ccc(C2CCN(C(=O)Nc3c(Cl)cccc3Cl)CC2)cc1. The lowest BCUT2D eigenvalue weighted by Crippen LogP contribution is -2.40. The molecule has 0 radical (unpaired) electrons. The van der Waals surface area contributed by atoms with Gasteiger partial charge in [-0.1, -0.05) is 47.3 Å². The molecule has 168 valence electrons. The quantitative estimate of drug-likeness (QED) is 0.587. The predicted molar refractivity (Wildman–Crippen MR) is 130 cm³/mol. The molecule has 0 aromatic heterocycles. The number of urea groups is 1. The molecule has 1 heterocycles. The number of rotatable bonds is 6. The van der Waals surface area contributed by atoms with Crippen molar-refractivity contribution in [3.63, 3.8) is 0 Å². The van der Waals surface area contributed by atoms with Gasteiger partial charge in [-0.25, -0.2) is 4.79 Å². The summed E-state index contributed by atoms with van der Waals surface area (Å²) in [5.74, 6) is 2.77. The van der Waals surface area contributed by atoms with Gasteiger partial charge in [0.05, 0.1) is 28.8 Å². The Bertz CT molecular complexity index is 976. The van der Waals surface area contributed by atoms with E-state index in [4.69, 9.17) is 29.6 Å². The molecule has 0 atom stereocenters. The predicted octanol–water partition coefficient (Wildman–Crippen LogP) is 4.91. The van der Waals surface area contributed by atoms with Crippen molar-refractivity contribution in [3.8, 4) is 12.3 Å². The van der Waals surface area contributed by atoms with Gasteiger partial charge >= 0.3 is 6.03 Å². The first-order valence-electron chi connectivity index (χ1n) is 10.4. The van der Waals surface area contributed by atoms with E-state index in [2.05, 4.69) is 16.6 Å². The normalized spacial score (nSPS) is 14.2. The monoisotopic (exact) mass is 472 g/mol. The van der Waals surface area contributed by atoms with Gasteiger partial charge in [0.25, 0.3) is 0 Å². The lowest BCUT2D eigenvalue weighted by molar-refractivity contribution is -0.116. The first-order chi connectivity index (χ1) is 15.4. The number of amides is 3. The fourth-order valence-corrected chi connectivity index (χ4v) is 4.21. The Morgan fingerprint density at radius 3 is 2.31 bits per heavy atom. The summed E-state index contributed by atoms with van der Waals surface area (Å²) in [5.41, 5.74) is 2.38. The molecule has 2 N–H and O–H groups in total.